The maximum atomic E-state index is 13.2. The van der Waals surface area contributed by atoms with Gasteiger partial charge in [-0.05, 0) is 56.1 Å². The quantitative estimate of drug-likeness (QED) is 0.390. The molecule has 1 aliphatic heterocycles. The summed E-state index contributed by atoms with van der Waals surface area (Å²) in [7, 11) is 0. The third-order valence-electron chi connectivity index (χ3n) is 6.40. The Bertz CT molecular complexity index is 1170. The van der Waals surface area contributed by atoms with Gasteiger partial charge in [0, 0.05) is 28.7 Å². The molecular weight excluding hydrogens is 481 g/mol. The molecule has 0 radical (unpaired) electrons. The van der Waals surface area contributed by atoms with Crippen LogP contribution in [0.2, 0.25) is 10.0 Å². The summed E-state index contributed by atoms with van der Waals surface area (Å²) in [5.41, 5.74) is 2.86. The molecule has 182 valence electrons. The van der Waals surface area contributed by atoms with E-state index in [9.17, 15) is 9.59 Å². The molecule has 1 saturated heterocycles. The summed E-state index contributed by atoms with van der Waals surface area (Å²) >= 11 is 12.7. The molecule has 0 bridgehead atoms. The maximum Gasteiger partial charge on any atom is 0.253 e. The van der Waals surface area contributed by atoms with Crippen molar-refractivity contribution < 1.29 is 9.59 Å². The molecule has 1 aliphatic rings. The summed E-state index contributed by atoms with van der Waals surface area (Å²) in [6.45, 7) is 4.02. The molecule has 2 atom stereocenters. The van der Waals surface area contributed by atoms with E-state index in [1.807, 2.05) is 61.5 Å². The number of hydrogen-bond donors (Lipinski definition) is 2. The molecule has 4 rings (SSSR count). The average Bonchev–Trinajstić information content (AvgIpc) is 2.87. The van der Waals surface area contributed by atoms with E-state index in [0.29, 0.717) is 34.4 Å². The first-order chi connectivity index (χ1) is 16.9. The number of carbonyl (C=O) groups is 2. The average molecular weight is 510 g/mol. The molecule has 1 fully saturated rings. The van der Waals surface area contributed by atoms with Gasteiger partial charge in [0.05, 0.1) is 23.2 Å². The summed E-state index contributed by atoms with van der Waals surface area (Å²) in [6, 6.07) is 22.2. The number of nitrogens with one attached hydrogen (secondary N) is 2. The highest BCUT2D eigenvalue weighted by molar-refractivity contribution is 6.35. The van der Waals surface area contributed by atoms with Crippen LogP contribution in [0.15, 0.2) is 72.8 Å². The Labute approximate surface area is 216 Å². The molecule has 35 heavy (non-hydrogen) atoms. The fourth-order valence-corrected chi connectivity index (χ4v) is 4.96. The predicted octanol–water partition coefficient (Wildman–Crippen LogP) is 6.34. The third-order valence-corrected chi connectivity index (χ3v) is 7.10. The number of likely N-dealkylation sites (tertiary alicyclic amines) is 1. The minimum absolute atomic E-state index is 0.0867. The van der Waals surface area contributed by atoms with E-state index < -0.39 is 0 Å². The van der Waals surface area contributed by atoms with Crippen LogP contribution in [0.1, 0.15) is 47.3 Å². The van der Waals surface area contributed by atoms with Crippen LogP contribution < -0.4 is 10.6 Å². The molecule has 2 amide bonds. The number of piperidine rings is 1. The summed E-state index contributed by atoms with van der Waals surface area (Å²) in [5.74, 6) is -0.503. The Morgan fingerprint density at radius 3 is 2.40 bits per heavy atom. The molecule has 3 aromatic rings. The largest absolute Gasteiger partial charge is 0.345 e. The lowest BCUT2D eigenvalue weighted by atomic mass is 9.96. The Balaban J connectivity index is 1.41. The SMILES string of the molecule is CC(NC(=O)c1ccccc1NC(=O)C1CCCN(Cc2c(Cl)cccc2Cl)C1)c1ccccc1. The van der Waals surface area contributed by atoms with E-state index >= 15 is 0 Å². The summed E-state index contributed by atoms with van der Waals surface area (Å²) < 4.78 is 0. The number of rotatable bonds is 7. The second-order valence-electron chi connectivity index (χ2n) is 8.92. The predicted molar refractivity (Wildman–Crippen MR) is 142 cm³/mol. The van der Waals surface area contributed by atoms with Gasteiger partial charge >= 0.3 is 0 Å². The van der Waals surface area contributed by atoms with Gasteiger partial charge in [-0.1, -0.05) is 71.7 Å². The van der Waals surface area contributed by atoms with Crippen molar-refractivity contribution in [2.75, 3.05) is 18.4 Å². The van der Waals surface area contributed by atoms with Gasteiger partial charge in [0.15, 0.2) is 0 Å². The molecule has 0 aliphatic carbocycles. The number of nitrogens with zero attached hydrogens (tertiary/aromatic N) is 1. The fraction of sp³-hybridized carbons (Fsp3) is 0.286. The van der Waals surface area contributed by atoms with Crippen LogP contribution in [0.4, 0.5) is 5.69 Å². The van der Waals surface area contributed by atoms with Gasteiger partial charge in [-0.25, -0.2) is 0 Å². The molecule has 0 spiro atoms. The first-order valence-corrected chi connectivity index (χ1v) is 12.6. The first-order valence-electron chi connectivity index (χ1n) is 11.8. The minimum Gasteiger partial charge on any atom is -0.345 e. The highest BCUT2D eigenvalue weighted by Gasteiger charge is 2.27. The molecule has 5 nitrogen and oxygen atoms in total. The molecule has 7 heteroatoms. The topological polar surface area (TPSA) is 61.4 Å². The van der Waals surface area contributed by atoms with Gasteiger partial charge in [0.25, 0.3) is 5.91 Å². The van der Waals surface area contributed by atoms with Crippen molar-refractivity contribution in [2.24, 2.45) is 5.92 Å². The molecule has 2 N–H and O–H groups in total. The Kier molecular flexibility index (Phi) is 8.45. The zero-order chi connectivity index (χ0) is 24.8. The first kappa shape index (κ1) is 25.2. The number of halogens is 2. The van der Waals surface area contributed by atoms with E-state index in [2.05, 4.69) is 15.5 Å². The smallest absolute Gasteiger partial charge is 0.253 e. The van der Waals surface area contributed by atoms with Crippen LogP contribution in [0, 0.1) is 5.92 Å². The molecule has 1 heterocycles. The Hall–Kier alpha value is -2.86. The van der Waals surface area contributed by atoms with Crippen molar-refractivity contribution in [2.45, 2.75) is 32.4 Å². The van der Waals surface area contributed by atoms with Crippen molar-refractivity contribution in [1.29, 1.82) is 0 Å². The van der Waals surface area contributed by atoms with Crippen LogP contribution in [0.5, 0.6) is 0 Å². The van der Waals surface area contributed by atoms with E-state index in [-0.39, 0.29) is 23.8 Å². The minimum atomic E-state index is -0.226. The second kappa shape index (κ2) is 11.7. The Morgan fingerprint density at radius 1 is 0.971 bits per heavy atom. The van der Waals surface area contributed by atoms with E-state index in [1.54, 1.807) is 18.2 Å². The van der Waals surface area contributed by atoms with Crippen LogP contribution >= 0.6 is 23.2 Å². The number of para-hydroxylation sites is 1. The number of carbonyl (C=O) groups excluding carboxylic acids is 2. The molecule has 0 aromatic heterocycles. The van der Waals surface area contributed by atoms with Crippen molar-refractivity contribution in [3.05, 3.63) is 99.5 Å². The number of anilines is 1. The monoisotopic (exact) mass is 509 g/mol. The molecule has 2 unspecified atom stereocenters. The second-order valence-corrected chi connectivity index (χ2v) is 9.73. The maximum absolute atomic E-state index is 13.2. The third kappa shape index (κ3) is 6.43. The molecular formula is C28H29Cl2N3O2. The number of amides is 2. The fourth-order valence-electron chi connectivity index (χ4n) is 4.44. The van der Waals surface area contributed by atoms with Crippen molar-refractivity contribution >= 4 is 40.7 Å². The summed E-state index contributed by atoms with van der Waals surface area (Å²) in [5, 5.41) is 7.30. The lowest BCUT2D eigenvalue weighted by Crippen LogP contribution is -2.40. The van der Waals surface area contributed by atoms with Crippen LogP contribution in [0.25, 0.3) is 0 Å². The van der Waals surface area contributed by atoms with Gasteiger partial charge in [-0.2, -0.15) is 0 Å². The van der Waals surface area contributed by atoms with E-state index in [1.165, 1.54) is 0 Å². The van der Waals surface area contributed by atoms with Crippen molar-refractivity contribution in [1.82, 2.24) is 10.2 Å². The van der Waals surface area contributed by atoms with Gasteiger partial charge in [-0.3, -0.25) is 14.5 Å². The van der Waals surface area contributed by atoms with Gasteiger partial charge < -0.3 is 10.6 Å². The van der Waals surface area contributed by atoms with E-state index in [0.717, 1.165) is 30.5 Å². The van der Waals surface area contributed by atoms with Crippen molar-refractivity contribution in [3.63, 3.8) is 0 Å². The standard InChI is InChI=1S/C28H29Cl2N3O2/c1-19(20-9-3-2-4-10-20)31-28(35)22-12-5-6-15-26(22)32-27(34)21-11-8-16-33(17-21)18-23-24(29)13-7-14-25(23)30/h2-7,9-10,12-15,19,21H,8,11,16-18H2,1H3,(H,31,35)(H,32,34). The van der Waals surface area contributed by atoms with Gasteiger partial charge in [0.1, 0.15) is 0 Å². The molecule has 3 aromatic carbocycles. The molecule has 0 saturated carbocycles. The van der Waals surface area contributed by atoms with E-state index in [4.69, 9.17) is 23.2 Å². The lowest BCUT2D eigenvalue weighted by Gasteiger charge is -2.32. The number of benzene rings is 3. The van der Waals surface area contributed by atoms with Crippen LogP contribution in [-0.4, -0.2) is 29.8 Å². The van der Waals surface area contributed by atoms with Gasteiger partial charge in [-0.15, -0.1) is 0 Å². The summed E-state index contributed by atoms with van der Waals surface area (Å²) in [4.78, 5) is 28.4. The normalized spacial score (nSPS) is 16.9. The zero-order valence-corrected chi connectivity index (χ0v) is 21.1. The van der Waals surface area contributed by atoms with Crippen molar-refractivity contribution in [3.8, 4) is 0 Å². The van der Waals surface area contributed by atoms with Gasteiger partial charge in [0.2, 0.25) is 5.91 Å². The zero-order valence-electron chi connectivity index (χ0n) is 19.6. The summed E-state index contributed by atoms with van der Waals surface area (Å²) in [6.07, 6.45) is 1.69. The highest BCUT2D eigenvalue weighted by Crippen LogP contribution is 2.28. The number of hydrogen-bond acceptors (Lipinski definition) is 3. The Morgan fingerprint density at radius 2 is 1.66 bits per heavy atom. The van der Waals surface area contributed by atoms with Crippen LogP contribution in [0.3, 0.4) is 0 Å². The highest BCUT2D eigenvalue weighted by atomic mass is 35.5. The lowest BCUT2D eigenvalue weighted by molar-refractivity contribution is -0.121. The van der Waals surface area contributed by atoms with Crippen LogP contribution in [-0.2, 0) is 11.3 Å².